The van der Waals surface area contributed by atoms with Gasteiger partial charge in [-0.25, -0.2) is 0 Å². The zero-order chi connectivity index (χ0) is 12.7. The molecule has 2 heterocycles. The van der Waals surface area contributed by atoms with Crippen LogP contribution in [0, 0.1) is 5.92 Å². The van der Waals surface area contributed by atoms with Crippen LogP contribution in [0.4, 0.5) is 0 Å². The molecule has 3 N–H and O–H groups in total. The van der Waals surface area contributed by atoms with E-state index in [0.29, 0.717) is 6.42 Å². The molecule has 0 aromatic rings. The molecule has 102 valence electrons. The molecule has 0 amide bonds. The van der Waals surface area contributed by atoms with Crippen LogP contribution in [-0.4, -0.2) is 51.7 Å². The summed E-state index contributed by atoms with van der Waals surface area (Å²) in [6.07, 6.45) is 1.39. The normalized spacial score (nSPS) is 45.9. The number of nitrogens with zero attached hydrogens (tertiary/aromatic N) is 1. The second-order valence-corrected chi connectivity index (χ2v) is 6.40. The Balaban J connectivity index is 1.65. The second kappa shape index (κ2) is 5.00. The van der Waals surface area contributed by atoms with Gasteiger partial charge in [0.25, 0.3) is 0 Å². The fraction of sp³-hybridized carbons (Fsp3) is 0.917. The number of hydrogen-bond donors (Lipinski definition) is 3. The van der Waals surface area contributed by atoms with Gasteiger partial charge >= 0.3 is 0 Å². The van der Waals surface area contributed by atoms with Crippen molar-refractivity contribution in [2.45, 2.75) is 56.0 Å². The summed E-state index contributed by atoms with van der Waals surface area (Å²) in [5.41, 5.74) is -0.133. The SMILES string of the molecule is CCC1OC2SC(=NCC3CC3)NC2C(O)C1O. The molecule has 2 aliphatic heterocycles. The van der Waals surface area contributed by atoms with Crippen LogP contribution in [0.15, 0.2) is 4.99 Å². The zero-order valence-electron chi connectivity index (χ0n) is 10.5. The highest BCUT2D eigenvalue weighted by atomic mass is 32.2. The molecule has 5 unspecified atom stereocenters. The summed E-state index contributed by atoms with van der Waals surface area (Å²) in [4.78, 5) is 4.52. The summed E-state index contributed by atoms with van der Waals surface area (Å²) in [5.74, 6) is 0.752. The van der Waals surface area contributed by atoms with Gasteiger partial charge in [0.2, 0.25) is 0 Å². The molecule has 5 nitrogen and oxygen atoms in total. The van der Waals surface area contributed by atoms with E-state index in [-0.39, 0.29) is 17.6 Å². The topological polar surface area (TPSA) is 74.1 Å². The number of aliphatic imine (C=N–C) groups is 1. The first kappa shape index (κ1) is 12.7. The highest BCUT2D eigenvalue weighted by Crippen LogP contribution is 2.35. The lowest BCUT2D eigenvalue weighted by Crippen LogP contribution is -2.58. The van der Waals surface area contributed by atoms with Gasteiger partial charge in [-0.1, -0.05) is 18.7 Å². The van der Waals surface area contributed by atoms with Crippen molar-refractivity contribution in [2.75, 3.05) is 6.54 Å². The van der Waals surface area contributed by atoms with Gasteiger partial charge in [0.1, 0.15) is 17.6 Å². The van der Waals surface area contributed by atoms with Crippen LogP contribution in [0.3, 0.4) is 0 Å². The van der Waals surface area contributed by atoms with Crippen molar-refractivity contribution in [3.63, 3.8) is 0 Å². The number of thioether (sulfide) groups is 1. The summed E-state index contributed by atoms with van der Waals surface area (Å²) in [6.45, 7) is 2.82. The summed E-state index contributed by atoms with van der Waals surface area (Å²) in [5, 5.41) is 24.1. The van der Waals surface area contributed by atoms with Crippen LogP contribution in [0.25, 0.3) is 0 Å². The Labute approximate surface area is 111 Å². The van der Waals surface area contributed by atoms with Crippen molar-refractivity contribution in [1.82, 2.24) is 5.32 Å². The van der Waals surface area contributed by atoms with Crippen LogP contribution >= 0.6 is 11.8 Å². The largest absolute Gasteiger partial charge is 0.388 e. The molecule has 5 atom stereocenters. The van der Waals surface area contributed by atoms with Crippen LogP contribution in [0.1, 0.15) is 26.2 Å². The molecule has 1 saturated carbocycles. The van der Waals surface area contributed by atoms with Crippen LogP contribution in [-0.2, 0) is 4.74 Å². The molecule has 0 aromatic heterocycles. The van der Waals surface area contributed by atoms with Crippen LogP contribution in [0.2, 0.25) is 0 Å². The first-order valence-corrected chi connectivity index (χ1v) is 7.56. The number of hydrogen-bond acceptors (Lipinski definition) is 5. The molecule has 0 bridgehead atoms. The van der Waals surface area contributed by atoms with Crippen molar-refractivity contribution in [2.24, 2.45) is 10.9 Å². The minimum Gasteiger partial charge on any atom is -0.388 e. The fourth-order valence-electron chi connectivity index (χ4n) is 2.40. The predicted octanol–water partition coefficient (Wildman–Crippen LogP) is 0.314. The number of ether oxygens (including phenoxy) is 1. The summed E-state index contributed by atoms with van der Waals surface area (Å²) in [7, 11) is 0. The van der Waals surface area contributed by atoms with E-state index < -0.39 is 12.2 Å². The Morgan fingerprint density at radius 2 is 2.17 bits per heavy atom. The highest BCUT2D eigenvalue weighted by molar-refractivity contribution is 8.14. The smallest absolute Gasteiger partial charge is 0.159 e. The van der Waals surface area contributed by atoms with Crippen LogP contribution < -0.4 is 5.32 Å². The van der Waals surface area contributed by atoms with Gasteiger partial charge in [-0.05, 0) is 25.2 Å². The second-order valence-electron chi connectivity index (χ2n) is 5.31. The minimum atomic E-state index is -0.813. The monoisotopic (exact) mass is 272 g/mol. The molecule has 1 aliphatic carbocycles. The zero-order valence-corrected chi connectivity index (χ0v) is 11.3. The lowest BCUT2D eigenvalue weighted by atomic mass is 9.97. The van der Waals surface area contributed by atoms with E-state index in [0.717, 1.165) is 17.6 Å². The van der Waals surface area contributed by atoms with Gasteiger partial charge in [-0.2, -0.15) is 0 Å². The van der Waals surface area contributed by atoms with Gasteiger partial charge in [0, 0.05) is 6.54 Å². The molecule has 18 heavy (non-hydrogen) atoms. The van der Waals surface area contributed by atoms with Crippen molar-refractivity contribution in [3.8, 4) is 0 Å². The standard InChI is InChI=1S/C12H20N2O3S/c1-2-7-9(15)10(16)8-11(17-7)18-12(14-8)13-5-6-3-4-6/h6-11,15-16H,2-5H2,1H3,(H,13,14). The third-order valence-electron chi connectivity index (χ3n) is 3.81. The number of nitrogens with one attached hydrogen (secondary N) is 1. The number of amidine groups is 1. The summed E-state index contributed by atoms with van der Waals surface area (Å²) >= 11 is 1.53. The lowest BCUT2D eigenvalue weighted by molar-refractivity contribution is -0.156. The molecular formula is C12H20N2O3S. The van der Waals surface area contributed by atoms with E-state index in [9.17, 15) is 10.2 Å². The number of aliphatic hydroxyl groups is 2. The average Bonchev–Trinajstić information content (AvgIpc) is 3.11. The Morgan fingerprint density at radius 1 is 1.39 bits per heavy atom. The average molecular weight is 272 g/mol. The Morgan fingerprint density at radius 3 is 2.83 bits per heavy atom. The third kappa shape index (κ3) is 2.39. The van der Waals surface area contributed by atoms with E-state index in [1.807, 2.05) is 6.92 Å². The molecule has 2 saturated heterocycles. The Kier molecular flexibility index (Phi) is 3.53. The van der Waals surface area contributed by atoms with E-state index in [1.54, 1.807) is 0 Å². The Hall–Kier alpha value is -0.300. The van der Waals surface area contributed by atoms with Crippen LogP contribution in [0.5, 0.6) is 0 Å². The van der Waals surface area contributed by atoms with Crippen molar-refractivity contribution < 1.29 is 14.9 Å². The summed E-state index contributed by atoms with van der Waals surface area (Å²) < 4.78 is 5.80. The maximum absolute atomic E-state index is 10.1. The maximum Gasteiger partial charge on any atom is 0.159 e. The number of fused-ring (bicyclic) bond motifs is 1. The number of rotatable bonds is 3. The van der Waals surface area contributed by atoms with E-state index in [1.165, 1.54) is 24.6 Å². The third-order valence-corrected chi connectivity index (χ3v) is 4.92. The maximum atomic E-state index is 10.1. The molecular weight excluding hydrogens is 252 g/mol. The van der Waals surface area contributed by atoms with Gasteiger partial charge in [0.15, 0.2) is 5.17 Å². The van der Waals surface area contributed by atoms with Gasteiger partial charge < -0.3 is 20.3 Å². The number of aliphatic hydroxyl groups excluding tert-OH is 2. The van der Waals surface area contributed by atoms with Gasteiger partial charge in [0.05, 0.1) is 12.1 Å². The Bertz CT molecular complexity index is 348. The molecule has 6 heteroatoms. The van der Waals surface area contributed by atoms with Gasteiger partial charge in [-0.15, -0.1) is 0 Å². The lowest BCUT2D eigenvalue weighted by Gasteiger charge is -2.38. The van der Waals surface area contributed by atoms with Crippen molar-refractivity contribution >= 4 is 16.9 Å². The van der Waals surface area contributed by atoms with E-state index in [4.69, 9.17) is 4.74 Å². The highest BCUT2D eigenvalue weighted by Gasteiger charge is 2.48. The molecule has 0 spiro atoms. The molecule has 3 aliphatic rings. The minimum absolute atomic E-state index is 0.133. The molecule has 0 aromatic carbocycles. The summed E-state index contributed by atoms with van der Waals surface area (Å²) in [6, 6.07) is -0.245. The molecule has 0 radical (unpaired) electrons. The van der Waals surface area contributed by atoms with Crippen molar-refractivity contribution in [1.29, 1.82) is 0 Å². The first-order chi connectivity index (χ1) is 8.69. The van der Waals surface area contributed by atoms with Crippen molar-refractivity contribution in [3.05, 3.63) is 0 Å². The van der Waals surface area contributed by atoms with E-state index in [2.05, 4.69) is 10.3 Å². The van der Waals surface area contributed by atoms with E-state index >= 15 is 0 Å². The fourth-order valence-corrected chi connectivity index (χ4v) is 3.55. The first-order valence-electron chi connectivity index (χ1n) is 6.68. The quantitative estimate of drug-likeness (QED) is 0.690. The molecule has 3 fully saturated rings. The van der Waals surface area contributed by atoms with Gasteiger partial charge in [-0.3, -0.25) is 4.99 Å². The molecule has 3 rings (SSSR count). The predicted molar refractivity (Wildman–Crippen MR) is 70.5 cm³/mol.